The molecule has 3 aromatic rings. The Hall–Kier alpha value is -3.11. The summed E-state index contributed by atoms with van der Waals surface area (Å²) in [6.45, 7) is 2.19. The molecule has 0 saturated carbocycles. The molecular weight excluding hydrogens is 395 g/mol. The summed E-state index contributed by atoms with van der Waals surface area (Å²) >= 11 is 0. The van der Waals surface area contributed by atoms with Crippen LogP contribution in [0.1, 0.15) is 11.4 Å². The monoisotopic (exact) mass is 416 g/mol. The van der Waals surface area contributed by atoms with Crippen LogP contribution in [0.4, 0.5) is 21.8 Å². The number of aromatic nitrogens is 3. The van der Waals surface area contributed by atoms with Crippen molar-refractivity contribution in [2.24, 2.45) is 0 Å². The lowest BCUT2D eigenvalue weighted by Crippen LogP contribution is -2.30. The zero-order chi connectivity index (χ0) is 20.7. The molecule has 0 unspecified atom stereocenters. The number of hydrogen-bond donors (Lipinski definition) is 3. The number of nitrogens with zero attached hydrogens (tertiary/aromatic N) is 3. The molecule has 3 N–H and O–H groups in total. The van der Waals surface area contributed by atoms with Crippen LogP contribution in [0.3, 0.4) is 0 Å². The molecule has 0 fully saturated rings. The van der Waals surface area contributed by atoms with Gasteiger partial charge in [0.1, 0.15) is 29.1 Å². The molecule has 0 aliphatic carbocycles. The lowest BCUT2D eigenvalue weighted by molar-refractivity contribution is 0.575. The van der Waals surface area contributed by atoms with E-state index in [-0.39, 0.29) is 12.1 Å². The highest BCUT2D eigenvalue weighted by Crippen LogP contribution is 2.15. The van der Waals surface area contributed by atoms with E-state index >= 15 is 0 Å². The first-order valence-corrected chi connectivity index (χ1v) is 10.5. The molecule has 152 valence electrons. The van der Waals surface area contributed by atoms with Gasteiger partial charge >= 0.3 is 0 Å². The molecule has 10 heteroatoms. The third kappa shape index (κ3) is 6.47. The van der Waals surface area contributed by atoms with Gasteiger partial charge in [-0.15, -0.1) is 0 Å². The minimum atomic E-state index is -3.65. The van der Waals surface area contributed by atoms with Gasteiger partial charge in [0, 0.05) is 30.9 Å². The molecule has 29 heavy (non-hydrogen) atoms. The molecular formula is C19H21FN6O2S. The lowest BCUT2D eigenvalue weighted by Gasteiger charge is -2.11. The van der Waals surface area contributed by atoms with E-state index in [2.05, 4.69) is 30.3 Å². The average molecular weight is 416 g/mol. The van der Waals surface area contributed by atoms with Gasteiger partial charge in [0.05, 0.1) is 5.75 Å². The number of nitrogens with one attached hydrogen (secondary N) is 3. The predicted molar refractivity (Wildman–Crippen MR) is 110 cm³/mol. The Morgan fingerprint density at radius 2 is 1.72 bits per heavy atom. The Labute approximate surface area is 168 Å². The van der Waals surface area contributed by atoms with Crippen LogP contribution >= 0.6 is 0 Å². The Balaban J connectivity index is 1.53. The van der Waals surface area contributed by atoms with Gasteiger partial charge in [0.2, 0.25) is 10.0 Å². The van der Waals surface area contributed by atoms with Crippen molar-refractivity contribution in [2.45, 2.75) is 12.7 Å². The van der Waals surface area contributed by atoms with E-state index in [0.29, 0.717) is 29.8 Å². The van der Waals surface area contributed by atoms with E-state index in [1.807, 2.05) is 18.2 Å². The van der Waals surface area contributed by atoms with Crippen molar-refractivity contribution in [3.05, 3.63) is 71.9 Å². The van der Waals surface area contributed by atoms with Crippen molar-refractivity contribution < 1.29 is 12.8 Å². The molecule has 0 amide bonds. The molecule has 0 bridgehead atoms. The maximum atomic E-state index is 13.6. The fourth-order valence-electron chi connectivity index (χ4n) is 2.56. The Morgan fingerprint density at radius 1 is 0.966 bits per heavy atom. The van der Waals surface area contributed by atoms with Gasteiger partial charge in [-0.25, -0.2) is 32.5 Å². The number of halogens is 1. The van der Waals surface area contributed by atoms with Crippen molar-refractivity contribution >= 4 is 27.5 Å². The van der Waals surface area contributed by atoms with E-state index in [1.54, 1.807) is 25.3 Å². The number of hydrogen-bond acceptors (Lipinski definition) is 7. The molecule has 0 spiro atoms. The first-order valence-electron chi connectivity index (χ1n) is 8.90. The third-order valence-electron chi connectivity index (χ3n) is 3.82. The van der Waals surface area contributed by atoms with Crippen LogP contribution in [0, 0.1) is 12.7 Å². The van der Waals surface area contributed by atoms with Crippen LogP contribution < -0.4 is 15.4 Å². The summed E-state index contributed by atoms with van der Waals surface area (Å²) in [5.74, 6) is 1.36. The van der Waals surface area contributed by atoms with Crippen LogP contribution in [0.5, 0.6) is 0 Å². The largest absolute Gasteiger partial charge is 0.369 e. The highest BCUT2D eigenvalue weighted by molar-refractivity contribution is 7.88. The Bertz CT molecular complexity index is 1060. The van der Waals surface area contributed by atoms with Crippen molar-refractivity contribution in [2.75, 3.05) is 23.7 Å². The Morgan fingerprint density at radius 3 is 2.48 bits per heavy atom. The second-order valence-electron chi connectivity index (χ2n) is 6.20. The fourth-order valence-corrected chi connectivity index (χ4v) is 3.72. The van der Waals surface area contributed by atoms with Crippen LogP contribution in [0.25, 0.3) is 0 Å². The standard InChI is InChI=1S/C19H21FN6O2S/c1-14-24-18(12-19(25-14)26-17-8-4-5-9-21-17)22-10-11-23-29(27,28)13-15-6-2-3-7-16(15)20/h2-9,12,23H,10-11,13H2,1H3,(H2,21,22,24,25,26). The molecule has 2 heterocycles. The first-order chi connectivity index (χ1) is 13.9. The van der Waals surface area contributed by atoms with E-state index < -0.39 is 21.6 Å². The summed E-state index contributed by atoms with van der Waals surface area (Å²) in [5, 5.41) is 6.13. The van der Waals surface area contributed by atoms with Gasteiger partial charge in [-0.05, 0) is 25.1 Å². The van der Waals surface area contributed by atoms with E-state index in [4.69, 9.17) is 0 Å². The predicted octanol–water partition coefficient (Wildman–Crippen LogP) is 2.59. The fraction of sp³-hybridized carbons (Fsp3) is 0.211. The Kier molecular flexibility index (Phi) is 6.68. The topological polar surface area (TPSA) is 109 Å². The molecule has 3 rings (SSSR count). The maximum Gasteiger partial charge on any atom is 0.215 e. The zero-order valence-electron chi connectivity index (χ0n) is 15.8. The second kappa shape index (κ2) is 9.39. The average Bonchev–Trinajstić information content (AvgIpc) is 2.67. The van der Waals surface area contributed by atoms with Gasteiger partial charge in [-0.1, -0.05) is 24.3 Å². The molecule has 0 atom stereocenters. The molecule has 0 aliphatic rings. The number of benzene rings is 1. The third-order valence-corrected chi connectivity index (χ3v) is 5.15. The number of sulfonamides is 1. The zero-order valence-corrected chi connectivity index (χ0v) is 16.6. The molecule has 2 aromatic heterocycles. The summed E-state index contributed by atoms with van der Waals surface area (Å²) in [5.41, 5.74) is 0.129. The van der Waals surface area contributed by atoms with Crippen molar-refractivity contribution in [3.8, 4) is 0 Å². The smallest absolute Gasteiger partial charge is 0.215 e. The highest BCUT2D eigenvalue weighted by atomic mass is 32.2. The summed E-state index contributed by atoms with van der Waals surface area (Å²) in [4.78, 5) is 12.8. The minimum absolute atomic E-state index is 0.128. The molecule has 0 saturated heterocycles. The maximum absolute atomic E-state index is 13.6. The number of aryl methyl sites for hydroxylation is 1. The molecule has 0 aliphatic heterocycles. The minimum Gasteiger partial charge on any atom is -0.369 e. The summed E-state index contributed by atoms with van der Waals surface area (Å²) < 4.78 is 40.3. The van der Waals surface area contributed by atoms with Gasteiger partial charge < -0.3 is 10.6 Å². The summed E-state index contributed by atoms with van der Waals surface area (Å²) in [6.07, 6.45) is 1.67. The van der Waals surface area contributed by atoms with E-state index in [1.165, 1.54) is 18.2 Å². The summed E-state index contributed by atoms with van der Waals surface area (Å²) in [6, 6.07) is 13.0. The lowest BCUT2D eigenvalue weighted by atomic mass is 10.2. The van der Waals surface area contributed by atoms with Gasteiger partial charge in [0.15, 0.2) is 0 Å². The number of pyridine rings is 1. The van der Waals surface area contributed by atoms with Crippen molar-refractivity contribution in [1.29, 1.82) is 0 Å². The van der Waals surface area contributed by atoms with E-state index in [9.17, 15) is 12.8 Å². The summed E-state index contributed by atoms with van der Waals surface area (Å²) in [7, 11) is -3.65. The molecule has 0 radical (unpaired) electrons. The number of anilines is 3. The quantitative estimate of drug-likeness (QED) is 0.460. The van der Waals surface area contributed by atoms with Gasteiger partial charge in [0.25, 0.3) is 0 Å². The van der Waals surface area contributed by atoms with Crippen LogP contribution in [-0.2, 0) is 15.8 Å². The van der Waals surface area contributed by atoms with Crippen LogP contribution in [-0.4, -0.2) is 36.5 Å². The van der Waals surface area contributed by atoms with Crippen molar-refractivity contribution in [3.63, 3.8) is 0 Å². The SMILES string of the molecule is Cc1nc(NCCNS(=O)(=O)Cc2ccccc2F)cc(Nc2ccccn2)n1. The van der Waals surface area contributed by atoms with Gasteiger partial charge in [-0.2, -0.15) is 0 Å². The first kappa shape index (κ1) is 20.6. The molecule has 1 aromatic carbocycles. The van der Waals surface area contributed by atoms with Crippen LogP contribution in [0.2, 0.25) is 0 Å². The second-order valence-corrected chi connectivity index (χ2v) is 8.00. The van der Waals surface area contributed by atoms with Gasteiger partial charge in [-0.3, -0.25) is 0 Å². The normalized spacial score (nSPS) is 11.2. The van der Waals surface area contributed by atoms with Crippen molar-refractivity contribution in [1.82, 2.24) is 19.7 Å². The van der Waals surface area contributed by atoms with E-state index in [0.717, 1.165) is 0 Å². The van der Waals surface area contributed by atoms with Crippen LogP contribution in [0.15, 0.2) is 54.7 Å². The molecule has 8 nitrogen and oxygen atoms in total. The highest BCUT2D eigenvalue weighted by Gasteiger charge is 2.13. The number of rotatable bonds is 9.